The maximum atomic E-state index is 11.2. The van der Waals surface area contributed by atoms with E-state index >= 15 is 0 Å². The summed E-state index contributed by atoms with van der Waals surface area (Å²) in [5.41, 5.74) is 0. The molecule has 3 heteroatoms. The molecule has 7 heavy (non-hydrogen) atoms. The normalized spacial score (nSPS) is 14.0. The standard InChI is InChI=1S/C4H9FOS/c1-7(6)4-2-3-5/h2-4H2,1H3. The molecule has 44 valence electrons. The van der Waals surface area contributed by atoms with Crippen LogP contribution < -0.4 is 0 Å². The van der Waals surface area contributed by atoms with Crippen LogP contribution in [-0.4, -0.2) is 22.9 Å². The summed E-state index contributed by atoms with van der Waals surface area (Å²) in [4.78, 5) is 0. The van der Waals surface area contributed by atoms with Crippen molar-refractivity contribution in [3.63, 3.8) is 0 Å². The Hall–Kier alpha value is 0.0800. The molecule has 0 aliphatic heterocycles. The van der Waals surface area contributed by atoms with Crippen LogP contribution in [0.4, 0.5) is 4.39 Å². The van der Waals surface area contributed by atoms with Gasteiger partial charge in [0.2, 0.25) is 0 Å². The van der Waals surface area contributed by atoms with E-state index in [4.69, 9.17) is 0 Å². The van der Waals surface area contributed by atoms with E-state index in [9.17, 15) is 8.60 Å². The second-order valence-corrected chi connectivity index (χ2v) is 2.87. The van der Waals surface area contributed by atoms with Gasteiger partial charge in [0.1, 0.15) is 0 Å². The maximum Gasteiger partial charge on any atom is 0.0903 e. The Morgan fingerprint density at radius 3 is 2.43 bits per heavy atom. The lowest BCUT2D eigenvalue weighted by Crippen LogP contribution is -1.93. The Morgan fingerprint density at radius 2 is 2.29 bits per heavy atom. The van der Waals surface area contributed by atoms with Crippen LogP contribution in [0.1, 0.15) is 6.42 Å². The lowest BCUT2D eigenvalue weighted by atomic mass is 10.6. The van der Waals surface area contributed by atoms with Crippen LogP contribution in [0, 0.1) is 0 Å². The fourth-order valence-corrected chi connectivity index (χ4v) is 0.773. The highest BCUT2D eigenvalue weighted by Gasteiger charge is 1.87. The molecule has 0 aromatic heterocycles. The fourth-order valence-electron chi connectivity index (χ4n) is 0.258. The Kier molecular flexibility index (Phi) is 4.29. The van der Waals surface area contributed by atoms with Crippen molar-refractivity contribution in [3.8, 4) is 0 Å². The van der Waals surface area contributed by atoms with Gasteiger partial charge in [-0.15, -0.1) is 0 Å². The molecule has 0 N–H and O–H groups in total. The van der Waals surface area contributed by atoms with Crippen molar-refractivity contribution < 1.29 is 8.60 Å². The van der Waals surface area contributed by atoms with Gasteiger partial charge >= 0.3 is 0 Å². The summed E-state index contributed by atoms with van der Waals surface area (Å²) in [6, 6.07) is 0. The first kappa shape index (κ1) is 7.08. The van der Waals surface area contributed by atoms with Crippen molar-refractivity contribution in [1.29, 1.82) is 0 Å². The lowest BCUT2D eigenvalue weighted by molar-refractivity contribution is 0.488. The molecule has 0 aliphatic carbocycles. The number of alkyl halides is 1. The van der Waals surface area contributed by atoms with Crippen molar-refractivity contribution in [3.05, 3.63) is 0 Å². The summed E-state index contributed by atoms with van der Waals surface area (Å²) in [7, 11) is -0.805. The summed E-state index contributed by atoms with van der Waals surface area (Å²) in [6.45, 7) is -0.348. The topological polar surface area (TPSA) is 17.1 Å². The van der Waals surface area contributed by atoms with Crippen LogP contribution in [0.15, 0.2) is 0 Å². The molecular formula is C4H9FOS. The molecule has 0 aliphatic rings. The Morgan fingerprint density at radius 1 is 1.71 bits per heavy atom. The van der Waals surface area contributed by atoms with Gasteiger partial charge in [-0.1, -0.05) is 0 Å². The summed E-state index contributed by atoms with van der Waals surface area (Å²) in [5.74, 6) is 0.497. The molecular weight excluding hydrogens is 115 g/mol. The molecule has 0 saturated heterocycles. The third-order valence-corrected chi connectivity index (χ3v) is 1.43. The van der Waals surface area contributed by atoms with Gasteiger partial charge in [0.05, 0.1) is 6.67 Å². The summed E-state index contributed by atoms with van der Waals surface area (Å²) in [5, 5.41) is 0. The average molecular weight is 124 g/mol. The smallest absolute Gasteiger partial charge is 0.0903 e. The van der Waals surface area contributed by atoms with Gasteiger partial charge in [0, 0.05) is 22.8 Å². The molecule has 0 aromatic carbocycles. The molecule has 1 atom stereocenters. The largest absolute Gasteiger partial charge is 0.260 e. The zero-order valence-corrected chi connectivity index (χ0v) is 5.13. The van der Waals surface area contributed by atoms with Crippen molar-refractivity contribution >= 4 is 10.8 Å². The third kappa shape index (κ3) is 6.08. The van der Waals surface area contributed by atoms with Gasteiger partial charge in [-0.3, -0.25) is 8.60 Å². The molecule has 0 rings (SSSR count). The van der Waals surface area contributed by atoms with E-state index in [0.29, 0.717) is 12.2 Å². The van der Waals surface area contributed by atoms with E-state index in [-0.39, 0.29) is 6.67 Å². The molecule has 0 heterocycles. The fraction of sp³-hybridized carbons (Fsp3) is 1.00. The number of rotatable bonds is 3. The van der Waals surface area contributed by atoms with E-state index < -0.39 is 10.8 Å². The molecule has 0 amide bonds. The first-order valence-corrected chi connectivity index (χ1v) is 3.86. The monoisotopic (exact) mass is 124 g/mol. The van der Waals surface area contributed by atoms with E-state index in [1.54, 1.807) is 6.26 Å². The second-order valence-electron chi connectivity index (χ2n) is 1.32. The number of hydrogen-bond acceptors (Lipinski definition) is 1. The van der Waals surface area contributed by atoms with Crippen LogP contribution >= 0.6 is 0 Å². The predicted octanol–water partition coefficient (Wildman–Crippen LogP) is 0.725. The molecule has 0 saturated carbocycles. The van der Waals surface area contributed by atoms with Crippen LogP contribution in [0.3, 0.4) is 0 Å². The quantitative estimate of drug-likeness (QED) is 0.542. The Labute approximate surface area is 45.4 Å². The van der Waals surface area contributed by atoms with Crippen molar-refractivity contribution in [2.75, 3.05) is 18.7 Å². The zero-order valence-electron chi connectivity index (χ0n) is 4.32. The first-order valence-electron chi connectivity index (χ1n) is 2.13. The highest BCUT2D eigenvalue weighted by atomic mass is 32.2. The molecule has 0 radical (unpaired) electrons. The number of hydrogen-bond donors (Lipinski definition) is 0. The summed E-state index contributed by atoms with van der Waals surface area (Å²) in [6.07, 6.45) is 2.01. The van der Waals surface area contributed by atoms with Gasteiger partial charge in [-0.25, -0.2) is 0 Å². The second kappa shape index (κ2) is 4.24. The van der Waals surface area contributed by atoms with E-state index in [1.165, 1.54) is 0 Å². The van der Waals surface area contributed by atoms with E-state index in [1.807, 2.05) is 0 Å². The highest BCUT2D eigenvalue weighted by Crippen LogP contribution is 1.82. The maximum absolute atomic E-state index is 11.2. The lowest BCUT2D eigenvalue weighted by Gasteiger charge is -1.86. The Balaban J connectivity index is 2.82. The van der Waals surface area contributed by atoms with Gasteiger partial charge in [-0.2, -0.15) is 0 Å². The van der Waals surface area contributed by atoms with Crippen LogP contribution in [0.2, 0.25) is 0 Å². The van der Waals surface area contributed by atoms with Crippen molar-refractivity contribution in [2.45, 2.75) is 6.42 Å². The van der Waals surface area contributed by atoms with E-state index in [2.05, 4.69) is 0 Å². The number of halogens is 1. The highest BCUT2D eigenvalue weighted by molar-refractivity contribution is 7.84. The summed E-state index contributed by atoms with van der Waals surface area (Å²) < 4.78 is 21.4. The minimum Gasteiger partial charge on any atom is -0.260 e. The van der Waals surface area contributed by atoms with Gasteiger partial charge in [0.15, 0.2) is 0 Å². The SMILES string of the molecule is CS(=O)CCCF. The van der Waals surface area contributed by atoms with Crippen LogP contribution in [-0.2, 0) is 10.8 Å². The van der Waals surface area contributed by atoms with Gasteiger partial charge < -0.3 is 0 Å². The first-order chi connectivity index (χ1) is 3.27. The van der Waals surface area contributed by atoms with Crippen LogP contribution in [0.5, 0.6) is 0 Å². The third-order valence-electron chi connectivity index (χ3n) is 0.565. The molecule has 0 aromatic rings. The van der Waals surface area contributed by atoms with Gasteiger partial charge in [0.25, 0.3) is 0 Å². The minimum absolute atomic E-state index is 0.348. The molecule has 1 nitrogen and oxygen atoms in total. The molecule has 0 bridgehead atoms. The predicted molar refractivity (Wildman–Crippen MR) is 29.5 cm³/mol. The molecule has 0 spiro atoms. The minimum atomic E-state index is -0.805. The summed E-state index contributed by atoms with van der Waals surface area (Å²) >= 11 is 0. The Bertz CT molecular complexity index is 64.7. The van der Waals surface area contributed by atoms with Crippen molar-refractivity contribution in [1.82, 2.24) is 0 Å². The zero-order chi connectivity index (χ0) is 5.70. The molecule has 1 unspecified atom stereocenters. The van der Waals surface area contributed by atoms with Gasteiger partial charge in [-0.05, 0) is 6.42 Å². The van der Waals surface area contributed by atoms with Crippen LogP contribution in [0.25, 0.3) is 0 Å². The van der Waals surface area contributed by atoms with Crippen molar-refractivity contribution in [2.24, 2.45) is 0 Å². The average Bonchev–Trinajstić information content (AvgIpc) is 1.61. The molecule has 0 fully saturated rings. The van der Waals surface area contributed by atoms with E-state index in [0.717, 1.165) is 0 Å².